The van der Waals surface area contributed by atoms with Crippen molar-refractivity contribution in [2.45, 2.75) is 111 Å². The van der Waals surface area contributed by atoms with E-state index < -0.39 is 41.0 Å². The van der Waals surface area contributed by atoms with E-state index in [0.29, 0.717) is 18.5 Å². The number of β-amino-alcohol motifs (C(OH)–C–C–N with tert-alkyl or cyclic N) is 1. The number of carbonyl (C=O) groups is 3. The third-order valence-electron chi connectivity index (χ3n) is 7.09. The van der Waals surface area contributed by atoms with Crippen LogP contribution in [0.3, 0.4) is 0 Å². The highest BCUT2D eigenvalue weighted by Gasteiger charge is 2.38. The highest BCUT2D eigenvalue weighted by atomic mass is 127. The quantitative estimate of drug-likeness (QED) is 0.170. The zero-order valence-corrected chi connectivity index (χ0v) is 34.7. The number of likely N-dealkylation sites (tertiary alicyclic amines) is 1. The number of rotatable bonds is 12. The van der Waals surface area contributed by atoms with E-state index in [1.807, 2.05) is 39.0 Å². The third kappa shape index (κ3) is 13.3. The summed E-state index contributed by atoms with van der Waals surface area (Å²) in [4.78, 5) is 43.5. The fourth-order valence-electron chi connectivity index (χ4n) is 4.75. The molecular formula is C36H49BrClIN2O9. The molecule has 11 nitrogen and oxygen atoms in total. The van der Waals surface area contributed by atoms with Gasteiger partial charge in [0.05, 0.1) is 29.9 Å². The number of aliphatic hydroxyl groups excluding tert-OH is 1. The van der Waals surface area contributed by atoms with E-state index in [9.17, 15) is 19.5 Å². The molecule has 1 heterocycles. The summed E-state index contributed by atoms with van der Waals surface area (Å²) in [5, 5.41) is 10.2. The number of carbonyl (C=O) groups excluding carboxylic acids is 3. The van der Waals surface area contributed by atoms with Crippen LogP contribution in [0.5, 0.6) is 11.5 Å². The molecule has 0 aromatic heterocycles. The van der Waals surface area contributed by atoms with Crippen molar-refractivity contribution in [1.82, 2.24) is 9.80 Å². The van der Waals surface area contributed by atoms with E-state index in [-0.39, 0.29) is 55.3 Å². The van der Waals surface area contributed by atoms with Gasteiger partial charge in [0.15, 0.2) is 12.6 Å². The van der Waals surface area contributed by atoms with Crippen molar-refractivity contribution in [3.8, 4) is 11.5 Å². The molecule has 1 fully saturated rings. The predicted molar refractivity (Wildman–Crippen MR) is 202 cm³/mol. The lowest BCUT2D eigenvalue weighted by Crippen LogP contribution is -2.51. The summed E-state index contributed by atoms with van der Waals surface area (Å²) in [6.07, 6.45) is -0.899. The van der Waals surface area contributed by atoms with Crippen LogP contribution in [0.1, 0.15) is 79.9 Å². The fraction of sp³-hybridized carbons (Fsp3) is 0.583. The smallest absolute Gasteiger partial charge is 0.411 e. The van der Waals surface area contributed by atoms with E-state index in [4.69, 9.17) is 35.3 Å². The lowest BCUT2D eigenvalue weighted by Gasteiger charge is -2.35. The van der Waals surface area contributed by atoms with Gasteiger partial charge in [0.25, 0.3) is 5.91 Å². The van der Waals surface area contributed by atoms with Gasteiger partial charge in [-0.25, -0.2) is 9.59 Å². The number of benzene rings is 2. The molecule has 0 radical (unpaired) electrons. The number of amides is 2. The molecule has 0 unspecified atom stereocenters. The summed E-state index contributed by atoms with van der Waals surface area (Å²) >= 11 is 12.6. The number of esters is 1. The zero-order valence-electron chi connectivity index (χ0n) is 30.2. The molecule has 3 rings (SSSR count). The van der Waals surface area contributed by atoms with Crippen molar-refractivity contribution in [2.75, 3.05) is 26.3 Å². The summed E-state index contributed by atoms with van der Waals surface area (Å²) in [7, 11) is 0. The van der Waals surface area contributed by atoms with Gasteiger partial charge >= 0.3 is 12.1 Å². The van der Waals surface area contributed by atoms with Gasteiger partial charge in [0, 0.05) is 38.3 Å². The summed E-state index contributed by atoms with van der Waals surface area (Å²) in [6, 6.07) is 7.72. The Kier molecular flexibility index (Phi) is 14.7. The average molecular weight is 896 g/mol. The predicted octanol–water partition coefficient (Wildman–Crippen LogP) is 7.52. The Hall–Kier alpha value is -2.33. The maximum absolute atomic E-state index is 13.9. The van der Waals surface area contributed by atoms with Gasteiger partial charge < -0.3 is 33.7 Å². The molecule has 50 heavy (non-hydrogen) atoms. The molecule has 2 atom stereocenters. The molecule has 0 aliphatic carbocycles. The normalized spacial score (nSPS) is 15.8. The molecular weight excluding hydrogens is 847 g/mol. The summed E-state index contributed by atoms with van der Waals surface area (Å²) in [5.74, 6) is -0.523. The minimum absolute atomic E-state index is 0.176. The van der Waals surface area contributed by atoms with Gasteiger partial charge in [-0.1, -0.05) is 23.7 Å². The van der Waals surface area contributed by atoms with Crippen LogP contribution in [0.4, 0.5) is 4.79 Å². The van der Waals surface area contributed by atoms with Crippen LogP contribution in [-0.4, -0.2) is 88.1 Å². The Morgan fingerprint density at radius 3 is 2.22 bits per heavy atom. The Bertz CT molecular complexity index is 1520. The average Bonchev–Trinajstić information content (AvgIpc) is 3.41. The highest BCUT2D eigenvalue weighted by Crippen LogP contribution is 2.36. The first kappa shape index (κ1) is 42.1. The molecule has 14 heteroatoms. The lowest BCUT2D eigenvalue weighted by molar-refractivity contribution is -0.166. The van der Waals surface area contributed by atoms with Crippen LogP contribution in [0.15, 0.2) is 34.8 Å². The number of nitrogens with zero attached hydrogens (tertiary/aromatic N) is 2. The molecule has 278 valence electrons. The van der Waals surface area contributed by atoms with Crippen molar-refractivity contribution < 1.29 is 43.2 Å². The van der Waals surface area contributed by atoms with Gasteiger partial charge in [-0.05, 0) is 119 Å². The molecule has 0 bridgehead atoms. The second kappa shape index (κ2) is 17.5. The highest BCUT2D eigenvalue weighted by molar-refractivity contribution is 14.1. The largest absolute Gasteiger partial charge is 0.487 e. The molecule has 1 N–H and O–H groups in total. The van der Waals surface area contributed by atoms with Crippen molar-refractivity contribution in [3.63, 3.8) is 0 Å². The molecule has 2 aromatic carbocycles. The van der Waals surface area contributed by atoms with E-state index in [0.717, 1.165) is 13.6 Å². The van der Waals surface area contributed by atoms with Crippen molar-refractivity contribution in [2.24, 2.45) is 0 Å². The minimum Gasteiger partial charge on any atom is -0.487 e. The van der Waals surface area contributed by atoms with Crippen molar-refractivity contribution in [3.05, 3.63) is 54.5 Å². The first-order valence-corrected chi connectivity index (χ1v) is 18.6. The molecule has 0 spiro atoms. The summed E-state index contributed by atoms with van der Waals surface area (Å²) in [5.41, 5.74) is -1.14. The Labute approximate surface area is 322 Å². The Morgan fingerprint density at radius 1 is 0.980 bits per heavy atom. The Balaban J connectivity index is 2.07. The third-order valence-corrected chi connectivity index (χ3v) is 9.97. The summed E-state index contributed by atoms with van der Waals surface area (Å²) < 4.78 is 31.7. The molecule has 1 aliphatic heterocycles. The van der Waals surface area contributed by atoms with Crippen LogP contribution < -0.4 is 9.47 Å². The maximum Gasteiger partial charge on any atom is 0.411 e. The first-order valence-electron chi connectivity index (χ1n) is 16.4. The van der Waals surface area contributed by atoms with Crippen LogP contribution in [-0.2, 0) is 37.0 Å². The van der Waals surface area contributed by atoms with Crippen LogP contribution in [0.25, 0.3) is 0 Å². The van der Waals surface area contributed by atoms with Gasteiger partial charge in [0.2, 0.25) is 0 Å². The van der Waals surface area contributed by atoms with Crippen LogP contribution in [0, 0.1) is 3.57 Å². The molecule has 0 saturated carbocycles. The second-order valence-corrected chi connectivity index (χ2v) is 17.4. The molecule has 2 aromatic rings. The lowest BCUT2D eigenvalue weighted by atomic mass is 10.1. The van der Waals surface area contributed by atoms with Gasteiger partial charge in [-0.3, -0.25) is 9.69 Å². The van der Waals surface area contributed by atoms with Gasteiger partial charge in [0.1, 0.15) is 29.3 Å². The van der Waals surface area contributed by atoms with E-state index in [1.165, 1.54) is 9.80 Å². The van der Waals surface area contributed by atoms with Crippen molar-refractivity contribution in [1.29, 1.82) is 0 Å². The van der Waals surface area contributed by atoms with Crippen molar-refractivity contribution >= 4 is 68.1 Å². The fourth-order valence-corrected chi connectivity index (χ4v) is 5.92. The number of hydrogen-bond acceptors (Lipinski definition) is 9. The SMILES string of the molecule is CC(C)(C)OC[C@@H](C(=O)OC(C)(C)C)N(Cc1cc(Cl)c(OCc2cccc(I)c2Br)cc1OCC(=O)N1CC[C@@H](O)C1)C(=O)OC(C)(C)C. The standard InChI is InChI=1S/C36H49BrClIN2O9/c1-34(2,3)48-20-27(32(44)49-35(4,5)6)41(33(45)50-36(7,8)9)17-23-15-25(38)29(46-19-22-11-10-12-26(39)31(22)37)16-28(23)47-21-30(43)40-14-13-24(42)18-40/h10-12,15-16,24,27,42H,13-14,17-21H2,1-9H3/t24-,27+/m1/s1. The number of ether oxygens (including phenoxy) is 5. The number of hydrogen-bond donors (Lipinski definition) is 1. The molecule has 2 amide bonds. The number of aliphatic hydroxyl groups is 1. The monoisotopic (exact) mass is 894 g/mol. The maximum atomic E-state index is 13.9. The topological polar surface area (TPSA) is 124 Å². The van der Waals surface area contributed by atoms with Crippen LogP contribution in [0.2, 0.25) is 5.02 Å². The Morgan fingerprint density at radius 2 is 1.64 bits per heavy atom. The van der Waals surface area contributed by atoms with Gasteiger partial charge in [-0.2, -0.15) is 0 Å². The molecule has 1 saturated heterocycles. The second-order valence-electron chi connectivity index (χ2n) is 15.0. The first-order chi connectivity index (χ1) is 23.0. The van der Waals surface area contributed by atoms with Gasteiger partial charge in [-0.15, -0.1) is 0 Å². The number of halogens is 3. The summed E-state index contributed by atoms with van der Waals surface area (Å²) in [6.45, 7) is 15.9. The zero-order chi connectivity index (χ0) is 37.6. The van der Waals surface area contributed by atoms with E-state index in [1.54, 1.807) is 53.7 Å². The van der Waals surface area contributed by atoms with E-state index >= 15 is 0 Å². The molecule has 1 aliphatic rings. The minimum atomic E-state index is -1.23. The van der Waals surface area contributed by atoms with Crippen LogP contribution >= 0.6 is 50.1 Å². The van der Waals surface area contributed by atoms with E-state index in [2.05, 4.69) is 38.5 Å².